The average molecular weight is 353 g/mol. The second-order valence-electron chi connectivity index (χ2n) is 7.14. The van der Waals surface area contributed by atoms with Crippen LogP contribution in [0.4, 0.5) is 4.79 Å². The van der Waals surface area contributed by atoms with Crippen LogP contribution in [-0.4, -0.2) is 27.6 Å². The summed E-state index contributed by atoms with van der Waals surface area (Å²) in [4.78, 5) is 26.7. The molecule has 2 aromatic carbocycles. The van der Waals surface area contributed by atoms with Crippen LogP contribution in [0.2, 0.25) is 0 Å². The standard InChI is InChI=1S/C21H23NO4/c1-14(17(23)15-10-6-4-7-11-15)19(24)22-18(16-12-8-5-9-13-16)21(2,3)26-20(22)25/h4-14,17-18,23H,1-3H3/t14-,17+,18?/m1/s1. The Labute approximate surface area is 153 Å². The van der Waals surface area contributed by atoms with E-state index in [9.17, 15) is 14.7 Å². The van der Waals surface area contributed by atoms with Gasteiger partial charge in [-0.25, -0.2) is 9.69 Å². The molecule has 0 radical (unpaired) electrons. The Hall–Kier alpha value is -2.66. The van der Waals surface area contributed by atoms with Crippen molar-refractivity contribution in [3.8, 4) is 0 Å². The first kappa shape index (κ1) is 18.1. The Kier molecular flexibility index (Phi) is 4.83. The van der Waals surface area contributed by atoms with Gasteiger partial charge in [0, 0.05) is 0 Å². The maximum atomic E-state index is 13.1. The summed E-state index contributed by atoms with van der Waals surface area (Å²) in [7, 11) is 0. The normalized spacial score (nSPS) is 21.2. The highest BCUT2D eigenvalue weighted by molar-refractivity contribution is 5.95. The summed E-state index contributed by atoms with van der Waals surface area (Å²) in [6.45, 7) is 5.20. The van der Waals surface area contributed by atoms with Gasteiger partial charge in [-0.05, 0) is 25.0 Å². The van der Waals surface area contributed by atoms with E-state index in [-0.39, 0.29) is 0 Å². The zero-order valence-electron chi connectivity index (χ0n) is 15.1. The molecule has 0 aromatic heterocycles. The molecule has 1 fully saturated rings. The first-order chi connectivity index (χ1) is 12.3. The van der Waals surface area contributed by atoms with E-state index in [1.165, 1.54) is 0 Å². The molecule has 1 aliphatic heterocycles. The van der Waals surface area contributed by atoms with E-state index in [4.69, 9.17) is 4.74 Å². The molecule has 0 spiro atoms. The number of cyclic esters (lactones) is 1. The highest BCUT2D eigenvalue weighted by Gasteiger charge is 2.52. The number of aliphatic hydroxyl groups is 1. The van der Waals surface area contributed by atoms with E-state index in [0.717, 1.165) is 10.5 Å². The first-order valence-electron chi connectivity index (χ1n) is 8.67. The quantitative estimate of drug-likeness (QED) is 0.906. The Balaban J connectivity index is 1.92. The van der Waals surface area contributed by atoms with Gasteiger partial charge in [0.25, 0.3) is 0 Å². The van der Waals surface area contributed by atoms with Crippen LogP contribution in [-0.2, 0) is 9.53 Å². The lowest BCUT2D eigenvalue weighted by atomic mass is 9.89. The molecule has 1 aliphatic rings. The number of ether oxygens (including phenoxy) is 1. The van der Waals surface area contributed by atoms with Gasteiger partial charge in [0.05, 0.1) is 12.0 Å². The molecule has 0 aliphatic carbocycles. The number of carbonyl (C=O) groups excluding carboxylic acids is 2. The lowest BCUT2D eigenvalue weighted by Crippen LogP contribution is -2.42. The van der Waals surface area contributed by atoms with Crippen LogP contribution < -0.4 is 0 Å². The molecule has 0 saturated carbocycles. The average Bonchev–Trinajstić information content (AvgIpc) is 2.89. The fourth-order valence-corrected chi connectivity index (χ4v) is 3.44. The summed E-state index contributed by atoms with van der Waals surface area (Å²) in [5.74, 6) is -1.24. The smallest absolute Gasteiger partial charge is 0.417 e. The number of aliphatic hydroxyl groups excluding tert-OH is 1. The number of hydrogen-bond donors (Lipinski definition) is 1. The maximum absolute atomic E-state index is 13.1. The highest BCUT2D eigenvalue weighted by Crippen LogP contribution is 2.42. The number of nitrogens with zero attached hydrogens (tertiary/aromatic N) is 1. The zero-order valence-corrected chi connectivity index (χ0v) is 15.1. The molecular weight excluding hydrogens is 330 g/mol. The summed E-state index contributed by atoms with van der Waals surface area (Å²) in [5.41, 5.74) is 0.598. The van der Waals surface area contributed by atoms with Crippen LogP contribution in [0.25, 0.3) is 0 Å². The molecule has 3 rings (SSSR count). The number of hydrogen-bond acceptors (Lipinski definition) is 4. The van der Waals surface area contributed by atoms with Crippen molar-refractivity contribution in [2.75, 3.05) is 0 Å². The van der Waals surface area contributed by atoms with Crippen LogP contribution in [0.1, 0.15) is 44.0 Å². The topological polar surface area (TPSA) is 66.8 Å². The van der Waals surface area contributed by atoms with Crippen molar-refractivity contribution in [3.63, 3.8) is 0 Å². The number of imide groups is 1. The summed E-state index contributed by atoms with van der Waals surface area (Å²) in [5, 5.41) is 10.6. The Morgan fingerprint density at radius 3 is 2.19 bits per heavy atom. The minimum Gasteiger partial charge on any atom is -0.440 e. The van der Waals surface area contributed by atoms with E-state index >= 15 is 0 Å². The lowest BCUT2D eigenvalue weighted by Gasteiger charge is -2.30. The molecule has 1 unspecified atom stereocenters. The Morgan fingerprint density at radius 1 is 1.08 bits per heavy atom. The molecule has 1 N–H and O–H groups in total. The molecule has 3 atom stereocenters. The molecule has 2 amide bonds. The van der Waals surface area contributed by atoms with Crippen LogP contribution in [0.5, 0.6) is 0 Å². The van der Waals surface area contributed by atoms with E-state index in [1.54, 1.807) is 45.0 Å². The largest absolute Gasteiger partial charge is 0.440 e. The third-order valence-corrected chi connectivity index (χ3v) is 4.82. The van der Waals surface area contributed by atoms with Gasteiger partial charge < -0.3 is 9.84 Å². The summed E-state index contributed by atoms with van der Waals surface area (Å²) < 4.78 is 5.47. The molecule has 1 saturated heterocycles. The van der Waals surface area contributed by atoms with Gasteiger partial charge in [0.15, 0.2) is 0 Å². The molecule has 0 bridgehead atoms. The highest BCUT2D eigenvalue weighted by atomic mass is 16.6. The van der Waals surface area contributed by atoms with Crippen LogP contribution in [0, 0.1) is 5.92 Å². The van der Waals surface area contributed by atoms with Crippen molar-refractivity contribution in [3.05, 3.63) is 71.8 Å². The molecule has 5 nitrogen and oxygen atoms in total. The maximum Gasteiger partial charge on any atom is 0.417 e. The van der Waals surface area contributed by atoms with Gasteiger partial charge in [0.1, 0.15) is 11.6 Å². The second-order valence-corrected chi connectivity index (χ2v) is 7.14. The molecular formula is C21H23NO4. The Morgan fingerprint density at radius 2 is 1.62 bits per heavy atom. The predicted molar refractivity (Wildman–Crippen MR) is 97.2 cm³/mol. The fraction of sp³-hybridized carbons (Fsp3) is 0.333. The van der Waals surface area contributed by atoms with Gasteiger partial charge in [-0.1, -0.05) is 67.6 Å². The van der Waals surface area contributed by atoms with Crippen molar-refractivity contribution in [1.82, 2.24) is 4.90 Å². The van der Waals surface area contributed by atoms with Crippen molar-refractivity contribution in [1.29, 1.82) is 0 Å². The van der Waals surface area contributed by atoms with Crippen LogP contribution >= 0.6 is 0 Å². The summed E-state index contributed by atoms with van der Waals surface area (Å²) in [6, 6.07) is 17.7. The molecule has 2 aromatic rings. The van der Waals surface area contributed by atoms with Crippen molar-refractivity contribution < 1.29 is 19.4 Å². The van der Waals surface area contributed by atoms with Crippen LogP contribution in [0.3, 0.4) is 0 Å². The number of benzene rings is 2. The van der Waals surface area contributed by atoms with Gasteiger partial charge >= 0.3 is 6.09 Å². The first-order valence-corrected chi connectivity index (χ1v) is 8.67. The SMILES string of the molecule is C[C@@H](C(=O)N1C(=O)OC(C)(C)C1c1ccccc1)[C@H](O)c1ccccc1. The minimum atomic E-state index is -1.00. The molecule has 5 heteroatoms. The summed E-state index contributed by atoms with van der Waals surface area (Å²) in [6.07, 6.45) is -1.68. The number of carbonyl (C=O) groups is 2. The number of amides is 2. The second kappa shape index (κ2) is 6.92. The van der Waals surface area contributed by atoms with E-state index in [0.29, 0.717) is 5.56 Å². The van der Waals surface area contributed by atoms with Crippen LogP contribution in [0.15, 0.2) is 60.7 Å². The third kappa shape index (κ3) is 3.22. The van der Waals surface area contributed by atoms with Crippen molar-refractivity contribution in [2.45, 2.75) is 38.5 Å². The zero-order chi connectivity index (χ0) is 18.9. The van der Waals surface area contributed by atoms with Gasteiger partial charge in [-0.2, -0.15) is 0 Å². The van der Waals surface area contributed by atoms with Crippen molar-refractivity contribution in [2.24, 2.45) is 5.92 Å². The monoisotopic (exact) mass is 353 g/mol. The van der Waals surface area contributed by atoms with E-state index in [1.807, 2.05) is 36.4 Å². The lowest BCUT2D eigenvalue weighted by molar-refractivity contribution is -0.137. The van der Waals surface area contributed by atoms with E-state index in [2.05, 4.69) is 0 Å². The fourth-order valence-electron chi connectivity index (χ4n) is 3.44. The van der Waals surface area contributed by atoms with Gasteiger partial charge in [-0.3, -0.25) is 4.79 Å². The summed E-state index contributed by atoms with van der Waals surface area (Å²) >= 11 is 0. The minimum absolute atomic E-state index is 0.453. The number of rotatable bonds is 4. The Bertz CT molecular complexity index is 788. The van der Waals surface area contributed by atoms with Gasteiger partial charge in [-0.15, -0.1) is 0 Å². The molecule has 1 heterocycles. The van der Waals surface area contributed by atoms with Crippen molar-refractivity contribution >= 4 is 12.0 Å². The van der Waals surface area contributed by atoms with Gasteiger partial charge in [0.2, 0.25) is 5.91 Å². The molecule has 26 heavy (non-hydrogen) atoms. The predicted octanol–water partition coefficient (Wildman–Crippen LogP) is 3.85. The third-order valence-electron chi connectivity index (χ3n) is 4.82. The molecule has 136 valence electrons. The van der Waals surface area contributed by atoms with E-state index < -0.39 is 35.7 Å².